The summed E-state index contributed by atoms with van der Waals surface area (Å²) in [5, 5.41) is 2.91. The minimum Gasteiger partial charge on any atom is -0.365 e. The van der Waals surface area contributed by atoms with E-state index >= 15 is 0 Å². The van der Waals surface area contributed by atoms with Crippen molar-refractivity contribution in [3.05, 3.63) is 0 Å². The molecule has 1 aliphatic heterocycles. The molecule has 4 heteroatoms. The Hall–Kier alpha value is -0.640. The zero-order valence-corrected chi connectivity index (χ0v) is 5.90. The molecule has 1 aliphatic rings. The third kappa shape index (κ3) is 1.97. The molecular weight excluding hydrogens is 134 g/mol. The lowest BCUT2D eigenvalue weighted by molar-refractivity contribution is 0.460. The average molecular weight is 143 g/mol. The zero-order chi connectivity index (χ0) is 6.53. The van der Waals surface area contributed by atoms with Crippen LogP contribution in [0.2, 0.25) is 0 Å². The molecule has 3 nitrogen and oxygen atoms in total. The molecule has 0 aromatic heterocycles. The summed E-state index contributed by atoms with van der Waals surface area (Å²) in [6, 6.07) is 0. The van der Waals surface area contributed by atoms with E-state index < -0.39 is 0 Å². The van der Waals surface area contributed by atoms with Crippen LogP contribution < -0.4 is 5.32 Å². The second-order valence-electron chi connectivity index (χ2n) is 1.81. The molecule has 0 aromatic rings. The summed E-state index contributed by atoms with van der Waals surface area (Å²) in [5.74, 6) is 0. The lowest BCUT2D eigenvalue weighted by Crippen LogP contribution is -2.30. The van der Waals surface area contributed by atoms with Crippen LogP contribution in [0.1, 0.15) is 0 Å². The molecule has 0 saturated heterocycles. The van der Waals surface area contributed by atoms with Gasteiger partial charge in [-0.2, -0.15) is 0 Å². The van der Waals surface area contributed by atoms with Crippen molar-refractivity contribution in [3.8, 4) is 0 Å². The summed E-state index contributed by atoms with van der Waals surface area (Å²) in [5.41, 5.74) is 1.52. The molecule has 0 unspecified atom stereocenters. The van der Waals surface area contributed by atoms with Crippen LogP contribution in [0.25, 0.3) is 0 Å². The molecule has 0 saturated carbocycles. The highest BCUT2D eigenvalue weighted by Gasteiger charge is 2.01. The second-order valence-corrected chi connectivity index (χ2v) is 2.05. The molecule has 50 valence electrons. The summed E-state index contributed by atoms with van der Waals surface area (Å²) in [6.45, 7) is 2.71. The van der Waals surface area contributed by atoms with E-state index in [1.165, 1.54) is 5.49 Å². The molecule has 0 aliphatic carbocycles. The lowest BCUT2D eigenvalue weighted by Gasteiger charge is -2.11. The fourth-order valence-electron chi connectivity index (χ4n) is 0.692. The van der Waals surface area contributed by atoms with Gasteiger partial charge in [-0.1, -0.05) is 12.2 Å². The van der Waals surface area contributed by atoms with E-state index in [2.05, 4.69) is 27.4 Å². The minimum absolute atomic E-state index is 0.785. The van der Waals surface area contributed by atoms with Crippen LogP contribution in [0.4, 0.5) is 0 Å². The van der Waals surface area contributed by atoms with Crippen molar-refractivity contribution in [3.63, 3.8) is 0 Å². The first kappa shape index (κ1) is 6.48. The van der Waals surface area contributed by atoms with Crippen LogP contribution in [-0.2, 0) is 0 Å². The van der Waals surface area contributed by atoms with Crippen molar-refractivity contribution >= 4 is 24.0 Å². The number of nitrogens with zero attached hydrogens (tertiary/aromatic N) is 2. The first-order valence-electron chi connectivity index (χ1n) is 2.84. The van der Waals surface area contributed by atoms with Crippen molar-refractivity contribution in [2.24, 2.45) is 4.99 Å². The molecule has 1 heterocycles. The fraction of sp³-hybridized carbons (Fsp3) is 0.600. The van der Waals surface area contributed by atoms with Crippen molar-refractivity contribution in [1.29, 1.82) is 0 Å². The smallest absolute Gasteiger partial charge is 0.0887 e. The molecule has 0 aromatic carbocycles. The predicted molar refractivity (Wildman–Crippen MR) is 41.7 cm³/mol. The second kappa shape index (κ2) is 3.40. The van der Waals surface area contributed by atoms with E-state index in [1.54, 1.807) is 0 Å². The molecule has 1 rings (SSSR count). The number of rotatable bonds is 3. The van der Waals surface area contributed by atoms with E-state index in [9.17, 15) is 0 Å². The monoisotopic (exact) mass is 143 g/mol. The Morgan fingerprint density at radius 3 is 3.33 bits per heavy atom. The van der Waals surface area contributed by atoms with Gasteiger partial charge < -0.3 is 10.2 Å². The quantitative estimate of drug-likeness (QED) is 0.556. The van der Waals surface area contributed by atoms with Gasteiger partial charge in [0.05, 0.1) is 25.0 Å². The van der Waals surface area contributed by atoms with Crippen molar-refractivity contribution in [2.45, 2.75) is 0 Å². The van der Waals surface area contributed by atoms with Crippen molar-refractivity contribution in [1.82, 2.24) is 10.2 Å². The van der Waals surface area contributed by atoms with Gasteiger partial charge in [-0.15, -0.1) is 0 Å². The molecule has 0 bridgehead atoms. The van der Waals surface area contributed by atoms with Gasteiger partial charge in [0, 0.05) is 6.54 Å². The van der Waals surface area contributed by atoms with Crippen LogP contribution in [0.3, 0.4) is 0 Å². The maximum absolute atomic E-state index is 4.58. The number of nitrogens with one attached hydrogen (secondary N) is 1. The minimum atomic E-state index is 0.785. The highest BCUT2D eigenvalue weighted by Crippen LogP contribution is 1.88. The van der Waals surface area contributed by atoms with E-state index in [-0.39, 0.29) is 0 Å². The van der Waals surface area contributed by atoms with Crippen LogP contribution in [0, 0.1) is 0 Å². The van der Waals surface area contributed by atoms with Gasteiger partial charge >= 0.3 is 0 Å². The SMILES string of the molecule is S=CNCN1C=NCC1. The number of thiocarbonyl (C=S) groups is 1. The van der Waals surface area contributed by atoms with Crippen LogP contribution >= 0.6 is 12.2 Å². The molecule has 0 radical (unpaired) electrons. The van der Waals surface area contributed by atoms with Crippen LogP contribution in [0.15, 0.2) is 4.99 Å². The third-order valence-electron chi connectivity index (χ3n) is 1.14. The van der Waals surface area contributed by atoms with Crippen LogP contribution in [-0.4, -0.2) is 36.5 Å². The maximum atomic E-state index is 4.58. The molecule has 0 fully saturated rings. The number of hydrogen-bond acceptors (Lipinski definition) is 3. The third-order valence-corrected chi connectivity index (χ3v) is 1.31. The summed E-state index contributed by atoms with van der Waals surface area (Å²) in [6.07, 6.45) is 1.84. The Balaban J connectivity index is 2.12. The van der Waals surface area contributed by atoms with Gasteiger partial charge in [-0.25, -0.2) is 0 Å². The largest absolute Gasteiger partial charge is 0.365 e. The summed E-state index contributed by atoms with van der Waals surface area (Å²) in [7, 11) is 0. The molecule has 0 amide bonds. The Morgan fingerprint density at radius 1 is 1.89 bits per heavy atom. The topological polar surface area (TPSA) is 27.6 Å². The first-order valence-corrected chi connectivity index (χ1v) is 3.31. The average Bonchev–Trinajstić information content (AvgIpc) is 2.34. The van der Waals surface area contributed by atoms with Gasteiger partial charge in [0.15, 0.2) is 0 Å². The maximum Gasteiger partial charge on any atom is 0.0887 e. The van der Waals surface area contributed by atoms with Crippen molar-refractivity contribution in [2.75, 3.05) is 19.8 Å². The van der Waals surface area contributed by atoms with Gasteiger partial charge in [0.2, 0.25) is 0 Å². The van der Waals surface area contributed by atoms with E-state index in [4.69, 9.17) is 0 Å². The summed E-state index contributed by atoms with van der Waals surface area (Å²) >= 11 is 4.58. The van der Waals surface area contributed by atoms with Crippen LogP contribution in [0.5, 0.6) is 0 Å². The Morgan fingerprint density at radius 2 is 2.78 bits per heavy atom. The fourth-order valence-corrected chi connectivity index (χ4v) is 0.766. The Bertz CT molecular complexity index is 123. The van der Waals surface area contributed by atoms with Crippen molar-refractivity contribution < 1.29 is 0 Å². The lowest BCUT2D eigenvalue weighted by atomic mass is 10.6. The normalized spacial score (nSPS) is 16.2. The standard InChI is InChI=1S/C5H9N3S/c9-5-7-4-8-2-1-6-3-8/h3,5H,1-2,4H2,(H,7,9). The molecule has 0 atom stereocenters. The molecule has 9 heavy (non-hydrogen) atoms. The van der Waals surface area contributed by atoms with E-state index in [0.29, 0.717) is 0 Å². The Labute approximate surface area is 59.8 Å². The van der Waals surface area contributed by atoms with Gasteiger partial charge in [0.1, 0.15) is 0 Å². The highest BCUT2D eigenvalue weighted by molar-refractivity contribution is 7.78. The summed E-state index contributed by atoms with van der Waals surface area (Å²) < 4.78 is 0. The molecule has 0 spiro atoms. The zero-order valence-electron chi connectivity index (χ0n) is 5.08. The Kier molecular flexibility index (Phi) is 2.45. The van der Waals surface area contributed by atoms with E-state index in [0.717, 1.165) is 19.8 Å². The van der Waals surface area contributed by atoms with Gasteiger partial charge in [0.25, 0.3) is 0 Å². The predicted octanol–water partition coefficient (Wildman–Crippen LogP) is -0.165. The molecule has 1 N–H and O–H groups in total. The van der Waals surface area contributed by atoms with Gasteiger partial charge in [-0.3, -0.25) is 4.99 Å². The number of hydrogen-bond donors (Lipinski definition) is 1. The number of aliphatic imine (C=N–C) groups is 1. The highest BCUT2D eigenvalue weighted by atomic mass is 32.1. The molecular formula is C5H9N3S. The van der Waals surface area contributed by atoms with Gasteiger partial charge in [-0.05, 0) is 0 Å². The van der Waals surface area contributed by atoms with E-state index in [1.807, 2.05) is 6.34 Å². The summed E-state index contributed by atoms with van der Waals surface area (Å²) in [4.78, 5) is 6.10. The first-order chi connectivity index (χ1) is 4.43.